The molecule has 1 fully saturated rings. The molecule has 0 radical (unpaired) electrons. The second-order valence-electron chi connectivity index (χ2n) is 8.64. The fourth-order valence-corrected chi connectivity index (χ4v) is 5.29. The van der Waals surface area contributed by atoms with Gasteiger partial charge in [0.25, 0.3) is 5.92 Å². The quantitative estimate of drug-likeness (QED) is 0.397. The van der Waals surface area contributed by atoms with E-state index in [0.29, 0.717) is 5.52 Å². The van der Waals surface area contributed by atoms with Crippen molar-refractivity contribution in [2.45, 2.75) is 24.9 Å². The lowest BCUT2D eigenvalue weighted by Gasteiger charge is -2.37. The second-order valence-corrected chi connectivity index (χ2v) is 10.6. The number of sulfonamides is 1. The summed E-state index contributed by atoms with van der Waals surface area (Å²) in [6, 6.07) is 6.02. The zero-order valence-corrected chi connectivity index (χ0v) is 20.3. The third-order valence-electron chi connectivity index (χ3n) is 6.27. The van der Waals surface area contributed by atoms with Crippen molar-refractivity contribution >= 4 is 32.5 Å². The van der Waals surface area contributed by atoms with Gasteiger partial charge in [0.1, 0.15) is 12.2 Å². The molecule has 192 valence electrons. The summed E-state index contributed by atoms with van der Waals surface area (Å²) in [4.78, 5) is 8.60. The highest BCUT2D eigenvalue weighted by atomic mass is 32.2. The van der Waals surface area contributed by atoms with Gasteiger partial charge in [-0.05, 0) is 30.2 Å². The molecule has 0 amide bonds. The lowest BCUT2D eigenvalue weighted by molar-refractivity contribution is -0.0541. The van der Waals surface area contributed by atoms with E-state index in [0.717, 1.165) is 32.7 Å². The van der Waals surface area contributed by atoms with Gasteiger partial charge in [0.15, 0.2) is 0 Å². The number of methoxy groups -OCH3 is 1. The number of alkyl halides is 3. The Morgan fingerprint density at radius 1 is 1.28 bits per heavy atom. The van der Waals surface area contributed by atoms with Crippen molar-refractivity contribution in [3.8, 4) is 17.0 Å². The highest BCUT2D eigenvalue weighted by molar-refractivity contribution is 7.88. The molecule has 36 heavy (non-hydrogen) atoms. The number of ether oxygens (including phenoxy) is 1. The van der Waals surface area contributed by atoms with Crippen LogP contribution in [0.1, 0.15) is 6.42 Å². The topological polar surface area (TPSA) is 107 Å². The van der Waals surface area contributed by atoms with E-state index in [1.54, 1.807) is 23.2 Å². The Bertz CT molecular complexity index is 1540. The van der Waals surface area contributed by atoms with E-state index in [4.69, 9.17) is 4.74 Å². The molecule has 0 bridgehead atoms. The number of fused-ring (bicyclic) bond motifs is 2. The Morgan fingerprint density at radius 3 is 2.78 bits per heavy atom. The maximum absolute atomic E-state index is 14.8. The molecule has 1 saturated heterocycles. The van der Waals surface area contributed by atoms with Gasteiger partial charge >= 0.3 is 0 Å². The average molecular weight is 524 g/mol. The number of hydrogen-bond donors (Lipinski definition) is 1. The molecule has 0 spiro atoms. The van der Waals surface area contributed by atoms with Crippen molar-refractivity contribution in [1.29, 1.82) is 0 Å². The molecule has 4 aromatic rings. The van der Waals surface area contributed by atoms with Crippen molar-refractivity contribution in [1.82, 2.24) is 28.5 Å². The van der Waals surface area contributed by atoms with Crippen molar-refractivity contribution in [2.75, 3.05) is 38.4 Å². The molecule has 1 atom stereocenters. The summed E-state index contributed by atoms with van der Waals surface area (Å²) in [6.07, 6.45) is 4.04. The largest absolute Gasteiger partial charge is 0.479 e. The molecular weight excluding hydrogens is 499 g/mol. The van der Waals surface area contributed by atoms with E-state index >= 15 is 0 Å². The van der Waals surface area contributed by atoms with Crippen LogP contribution >= 0.6 is 0 Å². The number of nitrogens with zero attached hydrogens (tertiary/aromatic N) is 6. The summed E-state index contributed by atoms with van der Waals surface area (Å²) in [5.74, 6) is -3.23. The van der Waals surface area contributed by atoms with Gasteiger partial charge < -0.3 is 14.6 Å². The standard InChI is InChI=1S/C22H24F3N7O3S/c1-35-20-19-15(14-3-4-16-17(11-14)30(10-7-23)13-26-16)5-9-32(19)29-21(28-20)27-18-6-8-31(36(2,33)34)12-22(18,24)25/h3-5,9,11,13,18H,6-8,10,12H2,1-2H3,(H,27,29)/t18-/m1/s1. The van der Waals surface area contributed by atoms with Crippen LogP contribution in [0.4, 0.5) is 19.1 Å². The van der Waals surface area contributed by atoms with Crippen LogP contribution in [0.15, 0.2) is 36.8 Å². The summed E-state index contributed by atoms with van der Waals surface area (Å²) in [5.41, 5.74) is 3.56. The van der Waals surface area contributed by atoms with Crippen LogP contribution in [-0.4, -0.2) is 82.0 Å². The number of piperidine rings is 1. The van der Waals surface area contributed by atoms with Crippen molar-refractivity contribution < 1.29 is 26.3 Å². The Hall–Kier alpha value is -3.39. The first kappa shape index (κ1) is 24.3. The van der Waals surface area contributed by atoms with Crippen LogP contribution in [0.25, 0.3) is 27.7 Å². The van der Waals surface area contributed by atoms with Crippen LogP contribution in [0.2, 0.25) is 0 Å². The molecule has 14 heteroatoms. The normalized spacial score (nSPS) is 18.6. The SMILES string of the molecule is COc1nc(N[C@@H]2CCN(S(C)(=O)=O)CC2(F)F)nn2ccc(-c3ccc4ncn(CCF)c4c3)c12. The Balaban J connectivity index is 1.48. The summed E-state index contributed by atoms with van der Waals surface area (Å²) in [7, 11) is -2.31. The first-order chi connectivity index (χ1) is 17.1. The molecule has 0 saturated carbocycles. The van der Waals surface area contributed by atoms with Gasteiger partial charge in [-0.2, -0.15) is 9.29 Å². The Labute approximate surface area is 204 Å². The van der Waals surface area contributed by atoms with Gasteiger partial charge in [-0.3, -0.25) is 0 Å². The van der Waals surface area contributed by atoms with E-state index in [2.05, 4.69) is 20.4 Å². The number of benzene rings is 1. The lowest BCUT2D eigenvalue weighted by Crippen LogP contribution is -2.55. The molecule has 5 rings (SSSR count). The number of anilines is 1. The van der Waals surface area contributed by atoms with Crippen LogP contribution in [0, 0.1) is 0 Å². The van der Waals surface area contributed by atoms with E-state index in [1.165, 1.54) is 11.6 Å². The minimum Gasteiger partial charge on any atom is -0.479 e. The molecule has 1 N–H and O–H groups in total. The van der Waals surface area contributed by atoms with E-state index in [-0.39, 0.29) is 31.3 Å². The Morgan fingerprint density at radius 2 is 2.08 bits per heavy atom. The minimum absolute atomic E-state index is 0.0411. The molecular formula is C22H24F3N7O3S. The number of aryl methyl sites for hydroxylation is 1. The second kappa shape index (κ2) is 8.92. The average Bonchev–Trinajstić information content (AvgIpc) is 3.43. The van der Waals surface area contributed by atoms with Crippen molar-refractivity contribution in [2.24, 2.45) is 0 Å². The molecule has 3 aromatic heterocycles. The predicted molar refractivity (Wildman–Crippen MR) is 128 cm³/mol. The number of rotatable bonds is 7. The number of imidazole rings is 1. The molecule has 10 nitrogen and oxygen atoms in total. The minimum atomic E-state index is -3.73. The van der Waals surface area contributed by atoms with Crippen molar-refractivity contribution in [3.05, 3.63) is 36.8 Å². The van der Waals surface area contributed by atoms with E-state index in [1.807, 2.05) is 18.2 Å². The van der Waals surface area contributed by atoms with E-state index < -0.39 is 35.2 Å². The first-order valence-corrected chi connectivity index (χ1v) is 13.0. The number of aromatic nitrogens is 5. The predicted octanol–water partition coefficient (Wildman–Crippen LogP) is 2.81. The molecule has 1 aliphatic rings. The van der Waals surface area contributed by atoms with Gasteiger partial charge in [0, 0.05) is 18.3 Å². The van der Waals surface area contributed by atoms with Gasteiger partial charge in [-0.25, -0.2) is 31.1 Å². The van der Waals surface area contributed by atoms with Crippen LogP contribution in [-0.2, 0) is 16.6 Å². The summed E-state index contributed by atoms with van der Waals surface area (Å²) >= 11 is 0. The van der Waals surface area contributed by atoms with Crippen LogP contribution in [0.3, 0.4) is 0 Å². The first-order valence-electron chi connectivity index (χ1n) is 11.1. The maximum Gasteiger partial charge on any atom is 0.281 e. The van der Waals surface area contributed by atoms with Gasteiger partial charge in [-0.1, -0.05) is 6.07 Å². The Kier molecular flexibility index (Phi) is 6.03. The third kappa shape index (κ3) is 4.34. The highest BCUT2D eigenvalue weighted by Gasteiger charge is 2.47. The fourth-order valence-electron chi connectivity index (χ4n) is 4.45. The summed E-state index contributed by atoms with van der Waals surface area (Å²) in [5, 5.41) is 7.00. The summed E-state index contributed by atoms with van der Waals surface area (Å²) < 4.78 is 75.3. The lowest BCUT2D eigenvalue weighted by atomic mass is 10.0. The monoisotopic (exact) mass is 523 g/mol. The van der Waals surface area contributed by atoms with Crippen molar-refractivity contribution in [3.63, 3.8) is 0 Å². The zero-order chi connectivity index (χ0) is 25.7. The van der Waals surface area contributed by atoms with Crippen LogP contribution < -0.4 is 10.1 Å². The number of hydrogen-bond acceptors (Lipinski definition) is 7. The number of nitrogens with one attached hydrogen (secondary N) is 1. The maximum atomic E-state index is 14.8. The van der Waals surface area contributed by atoms with Gasteiger partial charge in [0.2, 0.25) is 21.9 Å². The summed E-state index contributed by atoms with van der Waals surface area (Å²) in [6.45, 7) is -1.29. The molecule has 1 aliphatic heterocycles. The molecule has 4 heterocycles. The molecule has 0 aliphatic carbocycles. The van der Waals surface area contributed by atoms with Gasteiger partial charge in [-0.15, -0.1) is 5.10 Å². The smallest absolute Gasteiger partial charge is 0.281 e. The number of halogens is 3. The molecule has 0 unspecified atom stereocenters. The fraction of sp³-hybridized carbons (Fsp3) is 0.409. The third-order valence-corrected chi connectivity index (χ3v) is 7.52. The highest BCUT2D eigenvalue weighted by Crippen LogP contribution is 2.34. The van der Waals surface area contributed by atoms with Gasteiger partial charge in [0.05, 0.1) is 49.9 Å². The zero-order valence-electron chi connectivity index (χ0n) is 19.5. The van der Waals surface area contributed by atoms with Crippen LogP contribution in [0.5, 0.6) is 5.88 Å². The van der Waals surface area contributed by atoms with E-state index in [9.17, 15) is 21.6 Å². The molecule has 1 aromatic carbocycles.